The normalized spacial score (nSPS) is 39.7. The summed E-state index contributed by atoms with van der Waals surface area (Å²) in [5, 5.41) is 3.25. The summed E-state index contributed by atoms with van der Waals surface area (Å²) in [7, 11) is 0. The highest BCUT2D eigenvalue weighted by Crippen LogP contribution is 2.36. The van der Waals surface area contributed by atoms with E-state index in [4.69, 9.17) is 11.5 Å². The number of nitrogens with one attached hydrogen (secondary N) is 1. The molecule has 1 fully saturated rings. The summed E-state index contributed by atoms with van der Waals surface area (Å²) in [5.74, 6) is 1.14. The van der Waals surface area contributed by atoms with Crippen LogP contribution in [0.1, 0.15) is 12.8 Å². The van der Waals surface area contributed by atoms with Gasteiger partial charge in [0.25, 0.3) is 0 Å². The van der Waals surface area contributed by atoms with E-state index in [1.165, 1.54) is 0 Å². The molecule has 1 saturated heterocycles. The minimum atomic E-state index is -0.157. The average Bonchev–Trinajstić information content (AvgIpc) is 2.67. The van der Waals surface area contributed by atoms with Crippen LogP contribution in [0, 0.1) is 0 Å². The zero-order valence-corrected chi connectivity index (χ0v) is 7.90. The third-order valence-electron chi connectivity index (χ3n) is 3.31. The Morgan fingerprint density at radius 1 is 1.50 bits per heavy atom. The summed E-state index contributed by atoms with van der Waals surface area (Å²) in [4.78, 5) is 10.7. The Morgan fingerprint density at radius 3 is 3.21 bits per heavy atom. The molecule has 2 atom stereocenters. The van der Waals surface area contributed by atoms with Gasteiger partial charge in [0.1, 0.15) is 11.7 Å². The fourth-order valence-electron chi connectivity index (χ4n) is 2.71. The van der Waals surface area contributed by atoms with E-state index in [0.29, 0.717) is 18.5 Å². The fourth-order valence-corrected chi connectivity index (χ4v) is 2.71. The molecule has 3 aliphatic heterocycles. The predicted molar refractivity (Wildman–Crippen MR) is 53.7 cm³/mol. The van der Waals surface area contributed by atoms with Crippen LogP contribution < -0.4 is 16.8 Å². The molecule has 14 heavy (non-hydrogen) atoms. The van der Waals surface area contributed by atoms with Crippen LogP contribution in [0.15, 0.2) is 9.98 Å². The number of rotatable bonds is 0. The standard InChI is InChI=1S/C8H14N6/c9-6-12-5-4-11-7(10)14-3-1-2-8(5,14)13-6/h5H,1-4H2,(H2,10,11)(H3,9,12,13)/t5?,8-/m1/s1. The van der Waals surface area contributed by atoms with Gasteiger partial charge < -0.3 is 21.7 Å². The molecule has 76 valence electrons. The molecule has 0 aromatic heterocycles. The Balaban J connectivity index is 2.03. The molecule has 0 aliphatic carbocycles. The molecule has 1 spiro atoms. The first-order chi connectivity index (χ1) is 6.72. The van der Waals surface area contributed by atoms with E-state index >= 15 is 0 Å². The van der Waals surface area contributed by atoms with Crippen molar-refractivity contribution in [2.75, 3.05) is 13.1 Å². The second-order valence-corrected chi connectivity index (χ2v) is 4.03. The first kappa shape index (κ1) is 7.90. The van der Waals surface area contributed by atoms with Gasteiger partial charge in [0.05, 0.1) is 6.54 Å². The van der Waals surface area contributed by atoms with Gasteiger partial charge in [-0.1, -0.05) is 0 Å². The van der Waals surface area contributed by atoms with E-state index in [0.717, 1.165) is 19.4 Å². The lowest BCUT2D eigenvalue weighted by molar-refractivity contribution is 0.169. The lowest BCUT2D eigenvalue weighted by Crippen LogP contribution is -2.66. The fraction of sp³-hybridized carbons (Fsp3) is 0.750. The molecular formula is C8H14N6. The first-order valence-electron chi connectivity index (χ1n) is 4.91. The van der Waals surface area contributed by atoms with Crippen LogP contribution in [0.25, 0.3) is 0 Å². The summed E-state index contributed by atoms with van der Waals surface area (Å²) >= 11 is 0. The van der Waals surface area contributed by atoms with Crippen molar-refractivity contribution in [3.05, 3.63) is 0 Å². The lowest BCUT2D eigenvalue weighted by Gasteiger charge is -2.42. The van der Waals surface area contributed by atoms with Gasteiger partial charge in [-0.05, 0) is 12.8 Å². The summed E-state index contributed by atoms with van der Waals surface area (Å²) in [5.41, 5.74) is 11.4. The van der Waals surface area contributed by atoms with Crippen LogP contribution in [-0.4, -0.2) is 41.6 Å². The van der Waals surface area contributed by atoms with Crippen molar-refractivity contribution in [2.45, 2.75) is 24.5 Å². The first-order valence-corrected chi connectivity index (χ1v) is 4.91. The van der Waals surface area contributed by atoms with Crippen molar-refractivity contribution in [2.24, 2.45) is 21.5 Å². The quantitative estimate of drug-likeness (QED) is 0.433. The monoisotopic (exact) mass is 194 g/mol. The van der Waals surface area contributed by atoms with Crippen LogP contribution in [0.5, 0.6) is 0 Å². The van der Waals surface area contributed by atoms with E-state index < -0.39 is 0 Å². The molecule has 0 bridgehead atoms. The Morgan fingerprint density at radius 2 is 2.36 bits per heavy atom. The Hall–Kier alpha value is -1.46. The summed E-state index contributed by atoms with van der Waals surface area (Å²) < 4.78 is 0. The minimum absolute atomic E-state index is 0.136. The van der Waals surface area contributed by atoms with E-state index in [-0.39, 0.29) is 11.7 Å². The van der Waals surface area contributed by atoms with Crippen molar-refractivity contribution in [1.29, 1.82) is 0 Å². The van der Waals surface area contributed by atoms with Gasteiger partial charge in [-0.15, -0.1) is 0 Å². The SMILES string of the molecule is NC1=NC2CN=C(N)N3CCC[C@]23N1. The van der Waals surface area contributed by atoms with Gasteiger partial charge in [-0.3, -0.25) is 4.99 Å². The van der Waals surface area contributed by atoms with Crippen LogP contribution in [-0.2, 0) is 0 Å². The van der Waals surface area contributed by atoms with Crippen LogP contribution in [0.3, 0.4) is 0 Å². The second kappa shape index (κ2) is 2.31. The number of aliphatic imine (C=N–C) groups is 2. The van der Waals surface area contributed by atoms with E-state index in [2.05, 4.69) is 20.2 Å². The molecule has 3 heterocycles. The smallest absolute Gasteiger partial charge is 0.193 e. The van der Waals surface area contributed by atoms with E-state index in [1.807, 2.05) is 0 Å². The van der Waals surface area contributed by atoms with E-state index in [9.17, 15) is 0 Å². The molecule has 0 radical (unpaired) electrons. The van der Waals surface area contributed by atoms with Crippen LogP contribution in [0.4, 0.5) is 0 Å². The summed E-state index contributed by atoms with van der Waals surface area (Å²) in [6.45, 7) is 1.59. The minimum Gasteiger partial charge on any atom is -0.370 e. The molecule has 0 aromatic carbocycles. The van der Waals surface area contributed by atoms with Gasteiger partial charge in [0.2, 0.25) is 0 Å². The number of hydrogen-bond acceptors (Lipinski definition) is 6. The highest BCUT2D eigenvalue weighted by atomic mass is 15.5. The molecule has 6 heteroatoms. The highest BCUT2D eigenvalue weighted by molar-refractivity contribution is 5.86. The van der Waals surface area contributed by atoms with Crippen molar-refractivity contribution in [3.63, 3.8) is 0 Å². The van der Waals surface area contributed by atoms with Gasteiger partial charge >= 0.3 is 0 Å². The van der Waals surface area contributed by atoms with Gasteiger partial charge in [0.15, 0.2) is 11.9 Å². The second-order valence-electron chi connectivity index (χ2n) is 4.03. The average molecular weight is 194 g/mol. The molecule has 6 nitrogen and oxygen atoms in total. The third-order valence-corrected chi connectivity index (χ3v) is 3.31. The Labute approximate surface area is 82.1 Å². The number of nitrogens with two attached hydrogens (primary N) is 2. The largest absolute Gasteiger partial charge is 0.370 e. The lowest BCUT2D eigenvalue weighted by atomic mass is 9.97. The van der Waals surface area contributed by atoms with Crippen LogP contribution >= 0.6 is 0 Å². The zero-order chi connectivity index (χ0) is 9.76. The molecule has 3 aliphatic rings. The predicted octanol–water partition coefficient (Wildman–Crippen LogP) is -1.61. The molecule has 0 aromatic rings. The van der Waals surface area contributed by atoms with Crippen LogP contribution in [0.2, 0.25) is 0 Å². The van der Waals surface area contributed by atoms with E-state index in [1.54, 1.807) is 0 Å². The highest BCUT2D eigenvalue weighted by Gasteiger charge is 2.53. The van der Waals surface area contributed by atoms with Gasteiger partial charge in [-0.25, -0.2) is 4.99 Å². The zero-order valence-electron chi connectivity index (χ0n) is 7.90. The number of nitrogens with zero attached hydrogens (tertiary/aromatic N) is 3. The molecular weight excluding hydrogens is 180 g/mol. The maximum Gasteiger partial charge on any atom is 0.193 e. The molecule has 5 N–H and O–H groups in total. The topological polar surface area (TPSA) is 92.0 Å². The van der Waals surface area contributed by atoms with Crippen molar-refractivity contribution >= 4 is 11.9 Å². The Bertz CT molecular complexity index is 335. The molecule has 3 rings (SSSR count). The maximum atomic E-state index is 5.86. The summed E-state index contributed by atoms with van der Waals surface area (Å²) in [6.07, 6.45) is 2.15. The molecule has 0 saturated carbocycles. The number of guanidine groups is 2. The summed E-state index contributed by atoms with van der Waals surface area (Å²) in [6, 6.07) is 0.136. The van der Waals surface area contributed by atoms with Crippen molar-refractivity contribution in [3.8, 4) is 0 Å². The van der Waals surface area contributed by atoms with Crippen molar-refractivity contribution in [1.82, 2.24) is 10.2 Å². The third kappa shape index (κ3) is 0.759. The maximum absolute atomic E-state index is 5.86. The molecule has 1 unspecified atom stereocenters. The number of hydrogen-bond donors (Lipinski definition) is 3. The van der Waals surface area contributed by atoms with Crippen molar-refractivity contribution < 1.29 is 0 Å². The van der Waals surface area contributed by atoms with Gasteiger partial charge in [0, 0.05) is 6.54 Å². The molecule has 0 amide bonds. The van der Waals surface area contributed by atoms with Gasteiger partial charge in [-0.2, -0.15) is 0 Å². The Kier molecular flexibility index (Phi) is 1.31.